The number of hydrogen-bond acceptors (Lipinski definition) is 0. The molecule has 0 nitrogen and oxygen atoms in total. The first kappa shape index (κ1) is 32.5. The Labute approximate surface area is 261 Å². The topological polar surface area (TPSA) is 0 Å². The van der Waals surface area contributed by atoms with Gasteiger partial charge in [0.15, 0.2) is 0 Å². The van der Waals surface area contributed by atoms with Crippen molar-refractivity contribution in [2.75, 3.05) is 0 Å². The third-order valence-electron chi connectivity index (χ3n) is 12.3. The van der Waals surface area contributed by atoms with Crippen LogP contribution in [-0.2, 0) is 11.5 Å². The molecule has 0 fully saturated rings. The van der Waals surface area contributed by atoms with Gasteiger partial charge in [-0.3, -0.25) is 0 Å². The van der Waals surface area contributed by atoms with E-state index in [0.717, 1.165) is 0 Å². The van der Waals surface area contributed by atoms with Crippen LogP contribution in [0.25, 0.3) is 12.2 Å². The molecule has 0 aromatic heterocycles. The predicted octanol–water partition coefficient (Wildman–Crippen LogP) is 11.6. The maximum absolute atomic E-state index is 5.08. The van der Waals surface area contributed by atoms with Gasteiger partial charge in [-0.2, -0.15) is 0 Å². The summed E-state index contributed by atoms with van der Waals surface area (Å²) in [6.07, 6.45) is 5.18. The van der Waals surface area contributed by atoms with Crippen molar-refractivity contribution in [3.05, 3.63) is 110 Å². The molecule has 230 valence electrons. The van der Waals surface area contributed by atoms with Crippen LogP contribution >= 0.6 is 0 Å². The van der Waals surface area contributed by atoms with E-state index in [1.165, 1.54) is 33.4 Å². The predicted molar refractivity (Wildman–Crippen MR) is 194 cm³/mol. The summed E-state index contributed by atoms with van der Waals surface area (Å²) in [7, 11) is 2.47. The molecule has 3 aromatic rings. The Balaban J connectivity index is 2.01. The molecule has 0 aliphatic heterocycles. The molecule has 3 aromatic carbocycles. The van der Waals surface area contributed by atoms with Gasteiger partial charge in [-0.25, -0.2) is 0 Å². The van der Waals surface area contributed by atoms with Gasteiger partial charge < -0.3 is 0 Å². The Hall–Kier alpha value is -1.93. The van der Waals surface area contributed by atoms with Crippen molar-refractivity contribution in [1.82, 2.24) is 0 Å². The Morgan fingerprint density at radius 2 is 0.930 bits per heavy atom. The molecule has 0 amide bonds. The summed E-state index contributed by atoms with van der Waals surface area (Å²) in [6, 6.07) is 22.1. The summed E-state index contributed by atoms with van der Waals surface area (Å²) in [5.41, 5.74) is 15.3. The summed E-state index contributed by atoms with van der Waals surface area (Å²) in [5.74, 6) is 1.95. The number of rotatable bonds is 7. The fourth-order valence-electron chi connectivity index (χ4n) is 10.4. The SMILES string of the molecule is CC1=Cc2c(C(C)C)cc(C(C)C)cc2[CH]1[Ti]([CH3])([CH3])([CH3])(=[SiH2])([c]1ccccc1)[CH]1C(C)=Cc2c(C(C)C)cc(C(C)C)cc21. The minimum atomic E-state index is -5.08. The van der Waals surface area contributed by atoms with Crippen molar-refractivity contribution in [2.45, 2.75) is 117 Å². The third kappa shape index (κ3) is 4.46. The number of hydrogen-bond donors (Lipinski definition) is 0. The van der Waals surface area contributed by atoms with Gasteiger partial charge in [-0.1, -0.05) is 0 Å². The second-order valence-corrected chi connectivity index (χ2v) is 54.2. The van der Waals surface area contributed by atoms with E-state index in [1.807, 2.05) is 0 Å². The summed E-state index contributed by atoms with van der Waals surface area (Å²) in [6.45, 7) is 23.9. The molecule has 0 radical (unpaired) electrons. The molecule has 0 saturated carbocycles. The summed E-state index contributed by atoms with van der Waals surface area (Å²) >= 11 is -5.08. The van der Waals surface area contributed by atoms with Crippen molar-refractivity contribution < 1.29 is 11.5 Å². The van der Waals surface area contributed by atoms with Gasteiger partial charge >= 0.3 is 262 Å². The van der Waals surface area contributed by atoms with Gasteiger partial charge in [0, 0.05) is 0 Å². The average molecular weight is 627 g/mol. The number of benzene rings is 3. The van der Waals surface area contributed by atoms with Crippen LogP contribution in [0.5, 0.6) is 0 Å². The van der Waals surface area contributed by atoms with Crippen LogP contribution in [0.4, 0.5) is 0 Å². The van der Waals surface area contributed by atoms with E-state index >= 15 is 0 Å². The van der Waals surface area contributed by atoms with E-state index in [-0.39, 0.29) is 0 Å². The fraction of sp³-hybridized carbons (Fsp3) is 0.463. The Morgan fingerprint density at radius 3 is 1.26 bits per heavy atom. The van der Waals surface area contributed by atoms with Gasteiger partial charge in [-0.15, -0.1) is 0 Å². The minimum absolute atomic E-state index is 0.342. The van der Waals surface area contributed by atoms with E-state index in [1.54, 1.807) is 26.1 Å². The Bertz CT molecular complexity index is 1720. The second-order valence-electron chi connectivity index (χ2n) is 18.9. The zero-order valence-electron chi connectivity index (χ0n) is 29.5. The van der Waals surface area contributed by atoms with Crippen LogP contribution in [0.2, 0.25) is 15.7 Å². The molecule has 0 N–H and O–H groups in total. The standard InChI is InChI=1S/2C16H21.C6H5.3CH3.H2Si.Ti/c2*1-10(2)13-8-14-6-12(5)7-16(14)15(9-13)11(3)4;1-2-4-6-5-3-1;;;;;/h2*6-11H,1-5H3;1-5H;3*1H3;1H2;. The monoisotopic (exact) mass is 626 g/mol. The first-order valence-corrected chi connectivity index (χ1v) is 28.3. The molecule has 2 unspecified atom stereocenters. The average Bonchev–Trinajstić information content (AvgIpc) is 3.44. The van der Waals surface area contributed by atoms with Crippen LogP contribution in [0.3, 0.4) is 0 Å². The molecule has 0 saturated heterocycles. The van der Waals surface area contributed by atoms with Crippen molar-refractivity contribution in [2.24, 2.45) is 0 Å². The van der Waals surface area contributed by atoms with E-state index in [0.29, 0.717) is 32.1 Å². The van der Waals surface area contributed by atoms with Crippen molar-refractivity contribution in [3.8, 4) is 0 Å². The summed E-state index contributed by atoms with van der Waals surface area (Å²) < 4.78 is 2.26. The van der Waals surface area contributed by atoms with Gasteiger partial charge in [0.1, 0.15) is 0 Å². The van der Waals surface area contributed by atoms with E-state index in [4.69, 9.17) is 0 Å². The van der Waals surface area contributed by atoms with Crippen molar-refractivity contribution in [1.29, 1.82) is 0 Å². The molecule has 0 heterocycles. The molecule has 43 heavy (non-hydrogen) atoms. The van der Waals surface area contributed by atoms with Gasteiger partial charge in [-0.05, 0) is 0 Å². The van der Waals surface area contributed by atoms with Crippen molar-refractivity contribution in [3.63, 3.8) is 0 Å². The Kier molecular flexibility index (Phi) is 7.03. The van der Waals surface area contributed by atoms with Gasteiger partial charge in [0.25, 0.3) is 0 Å². The molecule has 0 spiro atoms. The first-order chi connectivity index (χ1) is 19.7. The fourth-order valence-corrected chi connectivity index (χ4v) is 32.7. The summed E-state index contributed by atoms with van der Waals surface area (Å²) in [5, 5.41) is 8.48. The van der Waals surface area contributed by atoms with Crippen LogP contribution in [0.15, 0.2) is 65.7 Å². The first-order valence-electron chi connectivity index (χ1n) is 17.0. The van der Waals surface area contributed by atoms with Crippen molar-refractivity contribution >= 4 is 23.7 Å². The zero-order chi connectivity index (χ0) is 32.0. The normalized spacial score (nSPS) is 20.9. The van der Waals surface area contributed by atoms with Gasteiger partial charge in [0.2, 0.25) is 0 Å². The second kappa shape index (κ2) is 9.31. The number of fused-ring (bicyclic) bond motifs is 2. The van der Waals surface area contributed by atoms with Crippen LogP contribution < -0.4 is 3.87 Å². The van der Waals surface area contributed by atoms with Crippen LogP contribution in [0.1, 0.15) is 146 Å². The quantitative estimate of drug-likeness (QED) is 0.229. The van der Waals surface area contributed by atoms with E-state index in [2.05, 4.69) is 159 Å². The molecule has 2 aliphatic rings. The third-order valence-corrected chi connectivity index (χ3v) is 33.3. The van der Waals surface area contributed by atoms with Gasteiger partial charge in [0.05, 0.1) is 0 Å². The van der Waals surface area contributed by atoms with E-state index in [9.17, 15) is 0 Å². The van der Waals surface area contributed by atoms with E-state index < -0.39 is 11.5 Å². The molecule has 2 aliphatic carbocycles. The maximum atomic E-state index is 2.83. The molecule has 2 heteroatoms. The zero-order valence-corrected chi connectivity index (χ0v) is 32.5. The molecular weight excluding hydrogens is 568 g/mol. The summed E-state index contributed by atoms with van der Waals surface area (Å²) in [4.78, 5) is 0. The van der Waals surface area contributed by atoms with Crippen LogP contribution in [-0.4, -0.2) is 7.63 Å². The molecule has 0 bridgehead atoms. The number of allylic oxidation sites excluding steroid dienone is 2. The Morgan fingerprint density at radius 1 is 0.558 bits per heavy atom. The molecule has 2 atom stereocenters. The molecular formula is C41H58SiTi. The van der Waals surface area contributed by atoms with Crippen LogP contribution in [0, 0.1) is 0 Å². The molecule has 5 rings (SSSR count).